The van der Waals surface area contributed by atoms with E-state index in [1.165, 1.54) is 6.07 Å². The molecule has 3 aromatic carbocycles. The number of para-hydroxylation sites is 1. The monoisotopic (exact) mass is 273 g/mol. The SMILES string of the molecule is Fc1cc(-c2cccc3ccccc23)nc2ccccc12. The van der Waals surface area contributed by atoms with E-state index in [0.29, 0.717) is 16.6 Å². The molecule has 0 saturated heterocycles. The summed E-state index contributed by atoms with van der Waals surface area (Å²) in [5, 5.41) is 2.77. The predicted molar refractivity (Wildman–Crippen MR) is 84.6 cm³/mol. The first-order chi connectivity index (χ1) is 10.3. The van der Waals surface area contributed by atoms with Gasteiger partial charge in [0.05, 0.1) is 11.2 Å². The minimum absolute atomic E-state index is 0.233. The van der Waals surface area contributed by atoms with Crippen molar-refractivity contribution in [1.82, 2.24) is 4.98 Å². The van der Waals surface area contributed by atoms with Gasteiger partial charge in [-0.05, 0) is 22.9 Å². The molecule has 0 spiro atoms. The zero-order chi connectivity index (χ0) is 14.2. The molecule has 0 radical (unpaired) electrons. The fraction of sp³-hybridized carbons (Fsp3) is 0. The number of hydrogen-bond donors (Lipinski definition) is 0. The second-order valence-corrected chi connectivity index (χ2v) is 5.03. The molecule has 0 saturated carbocycles. The molecule has 21 heavy (non-hydrogen) atoms. The van der Waals surface area contributed by atoms with Gasteiger partial charge in [0.15, 0.2) is 0 Å². The Hall–Kier alpha value is -2.74. The number of pyridine rings is 1. The molecule has 1 nitrogen and oxygen atoms in total. The summed E-state index contributed by atoms with van der Waals surface area (Å²) >= 11 is 0. The maximum Gasteiger partial charge on any atom is 0.134 e. The lowest BCUT2D eigenvalue weighted by Crippen LogP contribution is -1.90. The van der Waals surface area contributed by atoms with Crippen LogP contribution in [0, 0.1) is 5.82 Å². The van der Waals surface area contributed by atoms with Gasteiger partial charge in [-0.25, -0.2) is 9.37 Å². The van der Waals surface area contributed by atoms with E-state index in [0.717, 1.165) is 16.3 Å². The zero-order valence-corrected chi connectivity index (χ0v) is 11.3. The van der Waals surface area contributed by atoms with E-state index in [2.05, 4.69) is 17.1 Å². The summed E-state index contributed by atoms with van der Waals surface area (Å²) in [5.41, 5.74) is 2.31. The highest BCUT2D eigenvalue weighted by molar-refractivity contribution is 5.96. The van der Waals surface area contributed by atoms with Crippen LogP contribution >= 0.6 is 0 Å². The highest BCUT2D eigenvalue weighted by atomic mass is 19.1. The van der Waals surface area contributed by atoms with Gasteiger partial charge in [0.2, 0.25) is 0 Å². The minimum Gasteiger partial charge on any atom is -0.248 e. The summed E-state index contributed by atoms with van der Waals surface area (Å²) in [5.74, 6) is -0.233. The molecule has 0 amide bonds. The van der Waals surface area contributed by atoms with Gasteiger partial charge in [-0.15, -0.1) is 0 Å². The number of rotatable bonds is 1. The molecular formula is C19H12FN. The van der Waals surface area contributed by atoms with Crippen LogP contribution in [0.1, 0.15) is 0 Å². The first kappa shape index (κ1) is 12.0. The second kappa shape index (κ2) is 4.67. The van der Waals surface area contributed by atoms with Crippen LogP contribution in [-0.4, -0.2) is 4.98 Å². The Morgan fingerprint density at radius 3 is 2.33 bits per heavy atom. The number of halogens is 1. The lowest BCUT2D eigenvalue weighted by Gasteiger charge is -2.08. The van der Waals surface area contributed by atoms with Gasteiger partial charge >= 0.3 is 0 Å². The minimum atomic E-state index is -0.233. The Labute approximate surface area is 121 Å². The van der Waals surface area contributed by atoms with Crippen molar-refractivity contribution in [3.05, 3.63) is 78.6 Å². The predicted octanol–water partition coefficient (Wildman–Crippen LogP) is 5.19. The van der Waals surface area contributed by atoms with Crippen LogP contribution in [0.2, 0.25) is 0 Å². The summed E-state index contributed by atoms with van der Waals surface area (Å²) in [6, 6.07) is 22.9. The van der Waals surface area contributed by atoms with Gasteiger partial charge in [0.1, 0.15) is 5.82 Å². The van der Waals surface area contributed by atoms with Crippen molar-refractivity contribution < 1.29 is 4.39 Å². The van der Waals surface area contributed by atoms with Crippen LogP contribution < -0.4 is 0 Å². The lowest BCUT2D eigenvalue weighted by atomic mass is 10.0. The molecule has 4 aromatic rings. The van der Waals surface area contributed by atoms with Crippen molar-refractivity contribution in [2.24, 2.45) is 0 Å². The van der Waals surface area contributed by atoms with Crippen molar-refractivity contribution in [1.29, 1.82) is 0 Å². The third-order valence-electron chi connectivity index (χ3n) is 3.73. The number of nitrogens with zero attached hydrogens (tertiary/aromatic N) is 1. The molecule has 4 rings (SSSR count). The molecule has 2 heteroatoms. The molecule has 0 aliphatic carbocycles. The highest BCUT2D eigenvalue weighted by Crippen LogP contribution is 2.29. The second-order valence-electron chi connectivity index (χ2n) is 5.03. The van der Waals surface area contributed by atoms with Crippen molar-refractivity contribution in [3.8, 4) is 11.3 Å². The summed E-state index contributed by atoms with van der Waals surface area (Å²) in [6.45, 7) is 0. The average molecular weight is 273 g/mol. The van der Waals surface area contributed by atoms with Crippen LogP contribution in [-0.2, 0) is 0 Å². The number of fused-ring (bicyclic) bond motifs is 2. The smallest absolute Gasteiger partial charge is 0.134 e. The molecule has 0 aliphatic heterocycles. The summed E-state index contributed by atoms with van der Waals surface area (Å²) in [4.78, 5) is 4.62. The lowest BCUT2D eigenvalue weighted by molar-refractivity contribution is 0.639. The normalized spacial score (nSPS) is 11.1. The third kappa shape index (κ3) is 1.96. The molecule has 0 fully saturated rings. The Balaban J connectivity index is 2.05. The van der Waals surface area contributed by atoms with E-state index in [9.17, 15) is 4.39 Å². The Morgan fingerprint density at radius 1 is 0.714 bits per heavy atom. The van der Waals surface area contributed by atoms with Gasteiger partial charge in [0, 0.05) is 17.0 Å². The zero-order valence-electron chi connectivity index (χ0n) is 11.3. The Kier molecular flexibility index (Phi) is 2.68. The number of benzene rings is 3. The van der Waals surface area contributed by atoms with Gasteiger partial charge in [-0.3, -0.25) is 0 Å². The van der Waals surface area contributed by atoms with E-state index in [-0.39, 0.29) is 5.82 Å². The maximum atomic E-state index is 14.3. The van der Waals surface area contributed by atoms with E-state index >= 15 is 0 Å². The van der Waals surface area contributed by atoms with Gasteiger partial charge in [-0.2, -0.15) is 0 Å². The van der Waals surface area contributed by atoms with Crippen LogP contribution in [0.3, 0.4) is 0 Å². The van der Waals surface area contributed by atoms with Gasteiger partial charge in [-0.1, -0.05) is 54.6 Å². The van der Waals surface area contributed by atoms with Crippen LogP contribution in [0.4, 0.5) is 4.39 Å². The molecule has 0 bridgehead atoms. The highest BCUT2D eigenvalue weighted by Gasteiger charge is 2.09. The fourth-order valence-corrected chi connectivity index (χ4v) is 2.72. The van der Waals surface area contributed by atoms with E-state index in [1.54, 1.807) is 6.07 Å². The molecule has 1 heterocycles. The molecule has 1 aromatic heterocycles. The standard InChI is InChI=1S/C19H12FN/c20-17-12-19(21-18-11-4-3-9-16(17)18)15-10-5-7-13-6-1-2-8-14(13)15/h1-12H. The van der Waals surface area contributed by atoms with Gasteiger partial charge < -0.3 is 0 Å². The van der Waals surface area contributed by atoms with Gasteiger partial charge in [0.25, 0.3) is 0 Å². The number of aromatic nitrogens is 1. The number of hydrogen-bond acceptors (Lipinski definition) is 1. The Bertz CT molecular complexity index is 954. The van der Waals surface area contributed by atoms with E-state index < -0.39 is 0 Å². The quantitative estimate of drug-likeness (QED) is 0.465. The van der Waals surface area contributed by atoms with Crippen molar-refractivity contribution in [2.45, 2.75) is 0 Å². The average Bonchev–Trinajstić information content (AvgIpc) is 2.54. The first-order valence-corrected chi connectivity index (χ1v) is 6.86. The largest absolute Gasteiger partial charge is 0.248 e. The van der Waals surface area contributed by atoms with Crippen LogP contribution in [0.25, 0.3) is 32.9 Å². The molecule has 0 unspecified atom stereocenters. The summed E-state index contributed by atoms with van der Waals surface area (Å²) in [7, 11) is 0. The van der Waals surface area contributed by atoms with E-state index in [1.807, 2.05) is 48.5 Å². The Morgan fingerprint density at radius 2 is 1.43 bits per heavy atom. The summed E-state index contributed by atoms with van der Waals surface area (Å²) in [6.07, 6.45) is 0. The molecule has 0 aliphatic rings. The van der Waals surface area contributed by atoms with Crippen LogP contribution in [0.15, 0.2) is 72.8 Å². The first-order valence-electron chi connectivity index (χ1n) is 6.86. The van der Waals surface area contributed by atoms with Crippen molar-refractivity contribution in [3.63, 3.8) is 0 Å². The fourth-order valence-electron chi connectivity index (χ4n) is 2.72. The summed E-state index contributed by atoms with van der Waals surface area (Å²) < 4.78 is 14.3. The molecule has 0 atom stereocenters. The third-order valence-corrected chi connectivity index (χ3v) is 3.73. The molecule has 100 valence electrons. The van der Waals surface area contributed by atoms with Crippen LogP contribution in [0.5, 0.6) is 0 Å². The van der Waals surface area contributed by atoms with Crippen molar-refractivity contribution >= 4 is 21.7 Å². The van der Waals surface area contributed by atoms with E-state index in [4.69, 9.17) is 0 Å². The molecular weight excluding hydrogens is 261 g/mol. The topological polar surface area (TPSA) is 12.9 Å². The molecule has 0 N–H and O–H groups in total. The maximum absolute atomic E-state index is 14.3. The van der Waals surface area contributed by atoms with Crippen molar-refractivity contribution in [2.75, 3.05) is 0 Å².